The number of hydrogen-bond acceptors (Lipinski definition) is 4. The SMILES string of the molecule is O=C1C[C@H](NC(=O)OCc2ccccc2)C[C@H](C(=O)O)C1. The van der Waals surface area contributed by atoms with Gasteiger partial charge in [-0.15, -0.1) is 0 Å². The van der Waals surface area contributed by atoms with Gasteiger partial charge in [0.15, 0.2) is 0 Å². The zero-order chi connectivity index (χ0) is 15.2. The summed E-state index contributed by atoms with van der Waals surface area (Å²) in [5.74, 6) is -1.89. The van der Waals surface area contributed by atoms with Crippen molar-refractivity contribution in [3.05, 3.63) is 35.9 Å². The number of carbonyl (C=O) groups is 3. The minimum Gasteiger partial charge on any atom is -0.481 e. The third kappa shape index (κ3) is 4.59. The van der Waals surface area contributed by atoms with Gasteiger partial charge < -0.3 is 15.2 Å². The molecular weight excluding hydrogens is 274 g/mol. The Bertz CT molecular complexity index is 528. The Morgan fingerprint density at radius 1 is 1.24 bits per heavy atom. The van der Waals surface area contributed by atoms with Crippen LogP contribution in [0.4, 0.5) is 4.79 Å². The average molecular weight is 291 g/mol. The molecule has 0 aliphatic heterocycles. The molecule has 1 aromatic carbocycles. The first-order valence-electron chi connectivity index (χ1n) is 6.76. The molecule has 6 nitrogen and oxygen atoms in total. The van der Waals surface area contributed by atoms with Crippen LogP contribution in [0.5, 0.6) is 0 Å². The normalized spacial score (nSPS) is 21.6. The van der Waals surface area contributed by atoms with Gasteiger partial charge in [0.2, 0.25) is 0 Å². The van der Waals surface area contributed by atoms with Gasteiger partial charge in [0.1, 0.15) is 12.4 Å². The van der Waals surface area contributed by atoms with Gasteiger partial charge >= 0.3 is 12.1 Å². The lowest BCUT2D eigenvalue weighted by molar-refractivity contribution is -0.145. The van der Waals surface area contributed by atoms with Crippen LogP contribution in [-0.4, -0.2) is 29.0 Å². The molecule has 2 atom stereocenters. The molecule has 1 aliphatic rings. The Labute approximate surface area is 122 Å². The second kappa shape index (κ2) is 6.88. The fourth-order valence-corrected chi connectivity index (χ4v) is 2.37. The summed E-state index contributed by atoms with van der Waals surface area (Å²) in [5, 5.41) is 11.5. The predicted molar refractivity (Wildman–Crippen MR) is 73.5 cm³/mol. The number of hydrogen-bond donors (Lipinski definition) is 2. The molecule has 0 saturated heterocycles. The van der Waals surface area contributed by atoms with Gasteiger partial charge in [-0.25, -0.2) is 4.79 Å². The van der Waals surface area contributed by atoms with E-state index in [0.29, 0.717) is 0 Å². The summed E-state index contributed by atoms with van der Waals surface area (Å²) < 4.78 is 5.05. The number of ether oxygens (including phenoxy) is 1. The second-order valence-corrected chi connectivity index (χ2v) is 5.12. The van der Waals surface area contributed by atoms with E-state index in [1.807, 2.05) is 30.3 Å². The molecule has 0 spiro atoms. The summed E-state index contributed by atoms with van der Waals surface area (Å²) in [6.07, 6.45) is -0.194. The van der Waals surface area contributed by atoms with Crippen LogP contribution in [-0.2, 0) is 20.9 Å². The van der Waals surface area contributed by atoms with Crippen molar-refractivity contribution in [2.75, 3.05) is 0 Å². The van der Waals surface area contributed by atoms with E-state index in [1.165, 1.54) is 0 Å². The van der Waals surface area contributed by atoms with Crippen LogP contribution < -0.4 is 5.32 Å². The Kier molecular flexibility index (Phi) is 4.92. The van der Waals surface area contributed by atoms with Crippen molar-refractivity contribution < 1.29 is 24.2 Å². The molecule has 2 rings (SSSR count). The monoisotopic (exact) mass is 291 g/mol. The number of nitrogens with one attached hydrogen (secondary N) is 1. The molecule has 1 saturated carbocycles. The van der Waals surface area contributed by atoms with E-state index < -0.39 is 24.0 Å². The Balaban J connectivity index is 1.81. The zero-order valence-corrected chi connectivity index (χ0v) is 11.5. The molecule has 0 unspecified atom stereocenters. The van der Waals surface area contributed by atoms with Gasteiger partial charge in [-0.3, -0.25) is 9.59 Å². The summed E-state index contributed by atoms with van der Waals surface area (Å²) >= 11 is 0. The van der Waals surface area contributed by atoms with Crippen LogP contribution in [0.15, 0.2) is 30.3 Å². The minimum atomic E-state index is -1.01. The van der Waals surface area contributed by atoms with Crippen LogP contribution in [0.1, 0.15) is 24.8 Å². The highest BCUT2D eigenvalue weighted by Gasteiger charge is 2.32. The predicted octanol–water partition coefficient (Wildman–Crippen LogP) is 1.74. The van der Waals surface area contributed by atoms with Crippen molar-refractivity contribution >= 4 is 17.8 Å². The summed E-state index contributed by atoms with van der Waals surface area (Å²) in [7, 11) is 0. The lowest BCUT2D eigenvalue weighted by Crippen LogP contribution is -2.42. The molecule has 1 aromatic rings. The van der Waals surface area contributed by atoms with Crippen LogP contribution in [0, 0.1) is 5.92 Å². The Morgan fingerprint density at radius 3 is 2.62 bits per heavy atom. The first-order chi connectivity index (χ1) is 10.0. The molecule has 0 radical (unpaired) electrons. The van der Waals surface area contributed by atoms with Crippen molar-refractivity contribution in [3.63, 3.8) is 0 Å². The first kappa shape index (κ1) is 15.0. The number of amides is 1. The van der Waals surface area contributed by atoms with Gasteiger partial charge in [-0.1, -0.05) is 30.3 Å². The molecule has 0 aromatic heterocycles. The van der Waals surface area contributed by atoms with E-state index in [0.717, 1.165) is 5.56 Å². The van der Waals surface area contributed by atoms with E-state index in [1.54, 1.807) is 0 Å². The summed E-state index contributed by atoms with van der Waals surface area (Å²) in [4.78, 5) is 34.1. The highest BCUT2D eigenvalue weighted by molar-refractivity contribution is 5.86. The van der Waals surface area contributed by atoms with Gasteiger partial charge in [0.25, 0.3) is 0 Å². The van der Waals surface area contributed by atoms with Gasteiger partial charge in [-0.05, 0) is 12.0 Å². The molecule has 21 heavy (non-hydrogen) atoms. The Hall–Kier alpha value is -2.37. The largest absolute Gasteiger partial charge is 0.481 e. The van der Waals surface area contributed by atoms with Gasteiger partial charge in [0.05, 0.1) is 5.92 Å². The number of carboxylic acids is 1. The molecule has 2 N–H and O–H groups in total. The fraction of sp³-hybridized carbons (Fsp3) is 0.400. The standard InChI is InChI=1S/C15H17NO5/c17-13-7-11(14(18)19)6-12(8-13)16-15(20)21-9-10-4-2-1-3-5-10/h1-5,11-12H,6-9H2,(H,16,20)(H,18,19)/t11-,12+/m0/s1. The Morgan fingerprint density at radius 2 is 1.95 bits per heavy atom. The maximum absolute atomic E-state index is 11.7. The number of aliphatic carboxylic acids is 1. The number of carbonyl (C=O) groups excluding carboxylic acids is 2. The molecule has 0 heterocycles. The smallest absolute Gasteiger partial charge is 0.407 e. The van der Waals surface area contributed by atoms with Crippen LogP contribution in [0.25, 0.3) is 0 Å². The maximum Gasteiger partial charge on any atom is 0.407 e. The van der Waals surface area contributed by atoms with Crippen molar-refractivity contribution in [1.82, 2.24) is 5.32 Å². The topological polar surface area (TPSA) is 92.7 Å². The van der Waals surface area contributed by atoms with Gasteiger partial charge in [-0.2, -0.15) is 0 Å². The van der Waals surface area contributed by atoms with Crippen molar-refractivity contribution in [1.29, 1.82) is 0 Å². The molecular formula is C15H17NO5. The minimum absolute atomic E-state index is 0.0343. The number of Topliss-reactive ketones (excluding diaryl/α,β-unsaturated/α-hetero) is 1. The summed E-state index contributed by atoms with van der Waals surface area (Å²) in [6, 6.07) is 8.73. The lowest BCUT2D eigenvalue weighted by atomic mass is 9.85. The third-order valence-electron chi connectivity index (χ3n) is 3.40. The van der Waals surface area contributed by atoms with E-state index in [2.05, 4.69) is 5.32 Å². The number of ketones is 1. The van der Waals surface area contributed by atoms with Crippen LogP contribution in [0.3, 0.4) is 0 Å². The van der Waals surface area contributed by atoms with Crippen molar-refractivity contribution in [3.8, 4) is 0 Å². The molecule has 1 fully saturated rings. The zero-order valence-electron chi connectivity index (χ0n) is 11.5. The van der Waals surface area contributed by atoms with E-state index in [9.17, 15) is 14.4 Å². The van der Waals surface area contributed by atoms with E-state index >= 15 is 0 Å². The maximum atomic E-state index is 11.7. The summed E-state index contributed by atoms with van der Waals surface area (Å²) in [6.45, 7) is 0.135. The van der Waals surface area contributed by atoms with Crippen LogP contribution in [0.2, 0.25) is 0 Å². The third-order valence-corrected chi connectivity index (χ3v) is 3.40. The van der Waals surface area contributed by atoms with Crippen LogP contribution >= 0.6 is 0 Å². The fourth-order valence-electron chi connectivity index (χ4n) is 2.37. The number of rotatable bonds is 4. The first-order valence-corrected chi connectivity index (χ1v) is 6.76. The highest BCUT2D eigenvalue weighted by atomic mass is 16.5. The highest BCUT2D eigenvalue weighted by Crippen LogP contribution is 2.22. The number of benzene rings is 1. The lowest BCUT2D eigenvalue weighted by Gasteiger charge is -2.26. The second-order valence-electron chi connectivity index (χ2n) is 5.12. The number of alkyl carbamates (subject to hydrolysis) is 1. The molecule has 112 valence electrons. The average Bonchev–Trinajstić information content (AvgIpc) is 2.45. The quantitative estimate of drug-likeness (QED) is 0.881. The van der Waals surface area contributed by atoms with Gasteiger partial charge in [0, 0.05) is 18.9 Å². The van der Waals surface area contributed by atoms with Crippen molar-refractivity contribution in [2.45, 2.75) is 31.9 Å². The number of carboxylic acid groups (broad SMARTS) is 1. The van der Waals surface area contributed by atoms with E-state index in [-0.39, 0.29) is 31.7 Å². The molecule has 1 aliphatic carbocycles. The molecule has 1 amide bonds. The van der Waals surface area contributed by atoms with Crippen molar-refractivity contribution in [2.24, 2.45) is 5.92 Å². The van der Waals surface area contributed by atoms with E-state index in [4.69, 9.17) is 9.84 Å². The molecule has 0 bridgehead atoms. The summed E-state index contributed by atoms with van der Waals surface area (Å²) in [5.41, 5.74) is 0.857. The molecule has 6 heteroatoms.